The van der Waals surface area contributed by atoms with E-state index in [0.717, 1.165) is 0 Å². The lowest BCUT2D eigenvalue weighted by Crippen LogP contribution is -2.32. The van der Waals surface area contributed by atoms with E-state index in [-0.39, 0.29) is 18.3 Å². The number of hydrogen-bond donors (Lipinski definition) is 1. The second kappa shape index (κ2) is 5.96. The number of alkyl halides is 3. The molecule has 1 aromatic rings. The maximum absolute atomic E-state index is 12.3. The van der Waals surface area contributed by atoms with Crippen molar-refractivity contribution < 1.29 is 27.8 Å². The fraction of sp³-hybridized carbons (Fsp3) is 0.625. The van der Waals surface area contributed by atoms with Crippen LogP contribution in [0.3, 0.4) is 0 Å². The van der Waals surface area contributed by atoms with Crippen molar-refractivity contribution in [2.75, 3.05) is 31.7 Å². The van der Waals surface area contributed by atoms with Gasteiger partial charge in [0.1, 0.15) is 6.54 Å². The number of halogens is 3. The molecule has 0 atom stereocenters. The molecule has 0 aromatic carbocycles. The van der Waals surface area contributed by atoms with Crippen LogP contribution in [0.5, 0.6) is 0 Å². The quantitative estimate of drug-likeness (QED) is 0.843. The van der Waals surface area contributed by atoms with Gasteiger partial charge in [-0.05, 0) is 0 Å². The second-order valence-electron chi connectivity index (χ2n) is 3.21. The molecule has 0 aliphatic rings. The zero-order valence-corrected chi connectivity index (χ0v) is 10.1. The summed E-state index contributed by atoms with van der Waals surface area (Å²) in [5.74, 6) is -2.44. The Bertz CT molecular complexity index is 410. The average Bonchev–Trinajstić information content (AvgIpc) is 2.72. The van der Waals surface area contributed by atoms with Crippen molar-refractivity contribution >= 4 is 22.6 Å². The highest BCUT2D eigenvalue weighted by Gasteiger charge is 2.36. The Labute approximate surface area is 104 Å². The summed E-state index contributed by atoms with van der Waals surface area (Å²) in [6, 6.07) is 0. The lowest BCUT2D eigenvalue weighted by Gasteiger charge is -2.18. The van der Waals surface area contributed by atoms with Gasteiger partial charge in [-0.15, -0.1) is 0 Å². The zero-order valence-electron chi connectivity index (χ0n) is 9.27. The Hall–Kier alpha value is -1.42. The number of carboxylic acid groups (broad SMARTS) is 1. The van der Waals surface area contributed by atoms with Gasteiger partial charge < -0.3 is 14.7 Å². The number of anilines is 1. The normalized spacial score (nSPS) is 11.6. The third-order valence-corrected chi connectivity index (χ3v) is 2.61. The SMILES string of the molecule is COCCN(CC(=O)O)c1nc(C(F)(F)F)ns1. The second-order valence-corrected chi connectivity index (χ2v) is 3.94. The van der Waals surface area contributed by atoms with E-state index in [4.69, 9.17) is 9.84 Å². The summed E-state index contributed by atoms with van der Waals surface area (Å²) in [5, 5.41) is 8.57. The maximum atomic E-state index is 12.3. The van der Waals surface area contributed by atoms with Crippen LogP contribution in [0.1, 0.15) is 5.82 Å². The summed E-state index contributed by atoms with van der Waals surface area (Å²) in [7, 11) is 1.40. The van der Waals surface area contributed by atoms with Crippen molar-refractivity contribution in [3.63, 3.8) is 0 Å². The first kappa shape index (κ1) is 14.6. The largest absolute Gasteiger partial charge is 0.480 e. The first-order valence-electron chi connectivity index (χ1n) is 4.71. The predicted octanol–water partition coefficient (Wildman–Crippen LogP) is 1.09. The third-order valence-electron chi connectivity index (χ3n) is 1.83. The molecular weight excluding hydrogens is 275 g/mol. The van der Waals surface area contributed by atoms with Gasteiger partial charge >= 0.3 is 12.1 Å². The molecule has 1 rings (SSSR count). The molecule has 0 radical (unpaired) electrons. The van der Waals surface area contributed by atoms with E-state index in [9.17, 15) is 18.0 Å². The van der Waals surface area contributed by atoms with Crippen LogP contribution in [0.25, 0.3) is 0 Å². The van der Waals surface area contributed by atoms with Crippen LogP contribution in [0, 0.1) is 0 Å². The molecule has 18 heavy (non-hydrogen) atoms. The molecule has 0 unspecified atom stereocenters. The van der Waals surface area contributed by atoms with Crippen LogP contribution < -0.4 is 4.90 Å². The van der Waals surface area contributed by atoms with Gasteiger partial charge in [0.05, 0.1) is 6.61 Å². The fourth-order valence-electron chi connectivity index (χ4n) is 1.07. The van der Waals surface area contributed by atoms with Gasteiger partial charge in [-0.25, -0.2) is 0 Å². The number of aromatic nitrogens is 2. The van der Waals surface area contributed by atoms with Crippen LogP contribution in [0.2, 0.25) is 0 Å². The molecule has 1 heterocycles. The highest BCUT2D eigenvalue weighted by atomic mass is 32.1. The molecule has 0 spiro atoms. The van der Waals surface area contributed by atoms with E-state index in [1.54, 1.807) is 0 Å². The van der Waals surface area contributed by atoms with E-state index >= 15 is 0 Å². The van der Waals surface area contributed by atoms with E-state index in [1.165, 1.54) is 12.0 Å². The molecule has 1 aromatic heterocycles. The molecule has 0 aliphatic heterocycles. The Balaban J connectivity index is 2.84. The number of methoxy groups -OCH3 is 1. The Morgan fingerprint density at radius 3 is 2.67 bits per heavy atom. The zero-order chi connectivity index (χ0) is 13.8. The van der Waals surface area contributed by atoms with E-state index in [2.05, 4.69) is 9.36 Å². The molecule has 0 amide bonds. The summed E-state index contributed by atoms with van der Waals surface area (Å²) in [4.78, 5) is 15.0. The summed E-state index contributed by atoms with van der Waals surface area (Å²) in [6.45, 7) is -0.167. The number of nitrogens with zero attached hydrogens (tertiary/aromatic N) is 3. The Kier molecular flexibility index (Phi) is 4.84. The minimum absolute atomic E-state index is 0.0956. The van der Waals surface area contributed by atoms with Crippen molar-refractivity contribution in [2.45, 2.75) is 6.18 Å². The Morgan fingerprint density at radius 1 is 1.56 bits per heavy atom. The molecule has 0 fully saturated rings. The van der Waals surface area contributed by atoms with Gasteiger partial charge in [-0.1, -0.05) is 0 Å². The van der Waals surface area contributed by atoms with Crippen LogP contribution in [0.4, 0.5) is 18.3 Å². The van der Waals surface area contributed by atoms with Crippen LogP contribution in [-0.4, -0.2) is 47.2 Å². The third kappa shape index (κ3) is 4.11. The summed E-state index contributed by atoms with van der Waals surface area (Å²) in [6.07, 6.45) is -4.63. The highest BCUT2D eigenvalue weighted by Crippen LogP contribution is 2.30. The lowest BCUT2D eigenvalue weighted by molar-refractivity contribution is -0.144. The summed E-state index contributed by atoms with van der Waals surface area (Å²) >= 11 is 0.503. The van der Waals surface area contributed by atoms with Crippen molar-refractivity contribution in [3.05, 3.63) is 5.82 Å². The monoisotopic (exact) mass is 285 g/mol. The van der Waals surface area contributed by atoms with Gasteiger partial charge in [0, 0.05) is 25.2 Å². The van der Waals surface area contributed by atoms with Gasteiger partial charge in [0.2, 0.25) is 11.0 Å². The van der Waals surface area contributed by atoms with Crippen LogP contribution >= 0.6 is 11.5 Å². The smallest absolute Gasteiger partial charge is 0.452 e. The van der Waals surface area contributed by atoms with E-state index < -0.39 is 24.5 Å². The van der Waals surface area contributed by atoms with E-state index in [0.29, 0.717) is 11.5 Å². The number of ether oxygens (including phenoxy) is 1. The highest BCUT2D eigenvalue weighted by molar-refractivity contribution is 7.09. The maximum Gasteiger partial charge on any atom is 0.452 e. The first-order valence-corrected chi connectivity index (χ1v) is 5.48. The minimum Gasteiger partial charge on any atom is -0.480 e. The minimum atomic E-state index is -4.63. The van der Waals surface area contributed by atoms with Crippen molar-refractivity contribution in [3.8, 4) is 0 Å². The number of hydrogen-bond acceptors (Lipinski definition) is 6. The van der Waals surface area contributed by atoms with E-state index in [1.807, 2.05) is 0 Å². The number of carbonyl (C=O) groups is 1. The Morgan fingerprint density at radius 2 is 2.22 bits per heavy atom. The van der Waals surface area contributed by atoms with Gasteiger partial charge in [-0.3, -0.25) is 4.79 Å². The predicted molar refractivity (Wildman–Crippen MR) is 56.6 cm³/mol. The van der Waals surface area contributed by atoms with Crippen molar-refractivity contribution in [2.24, 2.45) is 0 Å². The summed E-state index contributed by atoms with van der Waals surface area (Å²) in [5.41, 5.74) is 0. The summed E-state index contributed by atoms with van der Waals surface area (Å²) < 4.78 is 44.8. The number of carboxylic acids is 1. The lowest BCUT2D eigenvalue weighted by atomic mass is 10.5. The number of rotatable bonds is 6. The molecule has 10 heteroatoms. The van der Waals surface area contributed by atoms with Gasteiger partial charge in [-0.2, -0.15) is 22.5 Å². The molecule has 102 valence electrons. The molecule has 0 bridgehead atoms. The van der Waals surface area contributed by atoms with Crippen molar-refractivity contribution in [1.82, 2.24) is 9.36 Å². The molecule has 1 N–H and O–H groups in total. The molecule has 0 aliphatic carbocycles. The topological polar surface area (TPSA) is 75.5 Å². The number of aliphatic carboxylic acids is 1. The van der Waals surface area contributed by atoms with Gasteiger partial charge in [0.25, 0.3) is 0 Å². The van der Waals surface area contributed by atoms with Gasteiger partial charge in [0.15, 0.2) is 0 Å². The van der Waals surface area contributed by atoms with Crippen molar-refractivity contribution in [1.29, 1.82) is 0 Å². The van der Waals surface area contributed by atoms with Crippen LogP contribution in [-0.2, 0) is 15.7 Å². The molecular formula is C8H10F3N3O3S. The molecule has 0 saturated heterocycles. The fourth-order valence-corrected chi connectivity index (χ4v) is 1.78. The molecule has 6 nitrogen and oxygen atoms in total. The molecule has 0 saturated carbocycles. The van der Waals surface area contributed by atoms with Crippen LogP contribution in [0.15, 0.2) is 0 Å². The average molecular weight is 285 g/mol. The standard InChI is InChI=1S/C8H10F3N3O3S/c1-17-3-2-14(4-5(15)16)7-12-6(13-18-7)8(9,10)11/h2-4H2,1H3,(H,15,16). The first-order chi connectivity index (χ1) is 8.34.